The van der Waals surface area contributed by atoms with E-state index in [1.165, 1.54) is 11.1 Å². The molecule has 8 nitrogen and oxygen atoms in total. The minimum absolute atomic E-state index is 0.132. The summed E-state index contributed by atoms with van der Waals surface area (Å²) in [6, 6.07) is 0. The molecule has 1 aromatic heterocycles. The van der Waals surface area contributed by atoms with Crippen molar-refractivity contribution in [1.82, 2.24) is 19.7 Å². The third-order valence-electron chi connectivity index (χ3n) is 5.90. The molecule has 0 aromatic carbocycles. The summed E-state index contributed by atoms with van der Waals surface area (Å²) in [6.45, 7) is 11.7. The predicted octanol–water partition coefficient (Wildman–Crippen LogP) is 3.66. The van der Waals surface area contributed by atoms with Gasteiger partial charge in [-0.2, -0.15) is 9.67 Å². The number of anilines is 1. The first-order chi connectivity index (χ1) is 15.4. The van der Waals surface area contributed by atoms with Crippen LogP contribution in [0.5, 0.6) is 0 Å². The number of nitrogens with one attached hydrogen (secondary N) is 1. The second kappa shape index (κ2) is 9.83. The van der Waals surface area contributed by atoms with Gasteiger partial charge in [0.25, 0.3) is 5.95 Å². The van der Waals surface area contributed by atoms with E-state index in [9.17, 15) is 0 Å². The first-order valence-corrected chi connectivity index (χ1v) is 11.3. The minimum atomic E-state index is 0.132. The van der Waals surface area contributed by atoms with Gasteiger partial charge in [-0.25, -0.2) is 4.99 Å². The molecule has 32 heavy (non-hydrogen) atoms. The number of morpholine rings is 1. The summed E-state index contributed by atoms with van der Waals surface area (Å²) < 4.78 is 12.7. The summed E-state index contributed by atoms with van der Waals surface area (Å²) in [4.78, 5) is 11.6. The number of ether oxygens (including phenoxy) is 2. The molecule has 172 valence electrons. The van der Waals surface area contributed by atoms with Crippen LogP contribution >= 0.6 is 0 Å². The maximum absolute atomic E-state index is 5.63. The van der Waals surface area contributed by atoms with E-state index in [0.29, 0.717) is 24.3 Å². The van der Waals surface area contributed by atoms with Crippen LogP contribution in [0.25, 0.3) is 5.88 Å². The average molecular weight is 439 g/mol. The molecule has 0 bridgehead atoms. The van der Waals surface area contributed by atoms with E-state index in [-0.39, 0.29) is 11.3 Å². The predicted molar refractivity (Wildman–Crippen MR) is 128 cm³/mol. The molecule has 0 saturated carbocycles. The molecular formula is C24H34N6O2. The molecule has 0 radical (unpaired) electrons. The van der Waals surface area contributed by atoms with Crippen LogP contribution in [0.3, 0.4) is 0 Å². The zero-order valence-electron chi connectivity index (χ0n) is 19.5. The molecule has 2 aliphatic heterocycles. The summed E-state index contributed by atoms with van der Waals surface area (Å²) in [5.74, 6) is 1.83. The number of fused-ring (bicyclic) bond motifs is 1. The molecular weight excluding hydrogens is 404 g/mol. The molecule has 4 rings (SSSR count). The van der Waals surface area contributed by atoms with E-state index in [0.717, 1.165) is 39.3 Å². The molecule has 3 aliphatic rings. The number of rotatable bonds is 6. The number of hydrogen-bond donors (Lipinski definition) is 1. The Bertz CT molecular complexity index is 958. The van der Waals surface area contributed by atoms with Crippen molar-refractivity contribution in [3.63, 3.8) is 0 Å². The first-order valence-electron chi connectivity index (χ1n) is 11.3. The van der Waals surface area contributed by atoms with Crippen molar-refractivity contribution >= 4 is 24.0 Å². The van der Waals surface area contributed by atoms with Crippen molar-refractivity contribution < 1.29 is 9.47 Å². The Morgan fingerprint density at radius 1 is 1.22 bits per heavy atom. The van der Waals surface area contributed by atoms with Crippen LogP contribution in [0.2, 0.25) is 0 Å². The third-order valence-corrected chi connectivity index (χ3v) is 5.90. The maximum Gasteiger partial charge on any atom is 0.256 e. The smallest absolute Gasteiger partial charge is 0.256 e. The first kappa shape index (κ1) is 22.5. The van der Waals surface area contributed by atoms with Gasteiger partial charge in [-0.3, -0.25) is 4.90 Å². The quantitative estimate of drug-likeness (QED) is 0.731. The summed E-state index contributed by atoms with van der Waals surface area (Å²) >= 11 is 0. The Balaban J connectivity index is 1.43. The fraction of sp³-hybridized carbons (Fsp3) is 0.542. The second-order valence-electron chi connectivity index (χ2n) is 9.35. The largest absolute Gasteiger partial charge is 0.481 e. The van der Waals surface area contributed by atoms with Crippen molar-refractivity contribution in [1.29, 1.82) is 0 Å². The van der Waals surface area contributed by atoms with E-state index in [1.807, 2.05) is 6.21 Å². The number of nitrogens with zero attached hydrogens (tertiary/aromatic N) is 5. The number of hydrogen-bond acceptors (Lipinski definition) is 7. The molecule has 1 fully saturated rings. The van der Waals surface area contributed by atoms with Crippen molar-refractivity contribution in [2.24, 2.45) is 16.3 Å². The Morgan fingerprint density at radius 3 is 2.78 bits per heavy atom. The van der Waals surface area contributed by atoms with Gasteiger partial charge in [-0.1, -0.05) is 50.6 Å². The van der Waals surface area contributed by atoms with E-state index in [2.05, 4.69) is 76.4 Å². The standard InChI is InChI=1S/C24H34N6O2/c1-24(2,3)20-7-5-6-18(8-9-20)15-25-22-27-23-26-16-19(14-21(31-4)30(23)28-22)17-29-10-12-32-13-11-29/h5-6,8-9,14,16,19H,7,10-13,15,17H2,1-4H3,(H,25,28). The monoisotopic (exact) mass is 438 g/mol. The molecule has 0 spiro atoms. The van der Waals surface area contributed by atoms with E-state index in [4.69, 9.17) is 9.47 Å². The van der Waals surface area contributed by atoms with Gasteiger partial charge < -0.3 is 14.8 Å². The van der Waals surface area contributed by atoms with Crippen LogP contribution < -0.4 is 5.32 Å². The highest BCUT2D eigenvalue weighted by molar-refractivity contribution is 5.71. The minimum Gasteiger partial charge on any atom is -0.481 e. The Hall–Kier alpha value is -2.71. The lowest BCUT2D eigenvalue weighted by atomic mass is 9.84. The lowest BCUT2D eigenvalue weighted by Crippen LogP contribution is -2.39. The summed E-state index contributed by atoms with van der Waals surface area (Å²) in [5, 5.41) is 7.92. The normalized spacial score (nSPS) is 21.8. The van der Waals surface area contributed by atoms with Crippen LogP contribution in [0.4, 0.5) is 11.9 Å². The van der Waals surface area contributed by atoms with E-state index >= 15 is 0 Å². The van der Waals surface area contributed by atoms with Gasteiger partial charge in [0.1, 0.15) is 0 Å². The van der Waals surface area contributed by atoms with Crippen LogP contribution in [-0.4, -0.2) is 72.4 Å². The van der Waals surface area contributed by atoms with Crippen LogP contribution in [0.1, 0.15) is 27.2 Å². The summed E-state index contributed by atoms with van der Waals surface area (Å²) in [6.07, 6.45) is 13.8. The van der Waals surface area contributed by atoms with Gasteiger partial charge in [0.2, 0.25) is 11.8 Å². The molecule has 1 saturated heterocycles. The van der Waals surface area contributed by atoms with Crippen molar-refractivity contribution in [2.75, 3.05) is 51.8 Å². The molecule has 1 N–H and O–H groups in total. The average Bonchev–Trinajstić information content (AvgIpc) is 2.93. The highest BCUT2D eigenvalue weighted by Crippen LogP contribution is 2.30. The Kier molecular flexibility index (Phi) is 6.91. The number of aliphatic imine (C=N–C) groups is 1. The molecule has 3 heterocycles. The van der Waals surface area contributed by atoms with Crippen LogP contribution in [0.15, 0.2) is 46.5 Å². The highest BCUT2D eigenvalue weighted by Gasteiger charge is 2.21. The van der Waals surface area contributed by atoms with Gasteiger partial charge >= 0.3 is 0 Å². The number of methoxy groups -OCH3 is 1. The molecule has 0 amide bonds. The topological polar surface area (TPSA) is 76.8 Å². The fourth-order valence-electron chi connectivity index (χ4n) is 3.93. The van der Waals surface area contributed by atoms with Crippen LogP contribution in [-0.2, 0) is 9.47 Å². The van der Waals surface area contributed by atoms with Gasteiger partial charge in [-0.05, 0) is 23.5 Å². The van der Waals surface area contributed by atoms with Gasteiger partial charge in [0, 0.05) is 38.3 Å². The number of aromatic nitrogens is 3. The van der Waals surface area contributed by atoms with Gasteiger partial charge in [0.05, 0.1) is 20.3 Å². The number of allylic oxidation sites excluding steroid dienone is 4. The van der Waals surface area contributed by atoms with E-state index < -0.39 is 0 Å². The molecule has 1 aromatic rings. The van der Waals surface area contributed by atoms with Crippen molar-refractivity contribution in [3.05, 3.63) is 41.5 Å². The highest BCUT2D eigenvalue weighted by atomic mass is 16.5. The fourth-order valence-corrected chi connectivity index (χ4v) is 3.93. The Morgan fingerprint density at radius 2 is 2.03 bits per heavy atom. The second-order valence-corrected chi connectivity index (χ2v) is 9.35. The summed E-state index contributed by atoms with van der Waals surface area (Å²) in [5.41, 5.74) is 2.78. The zero-order chi connectivity index (χ0) is 22.6. The zero-order valence-corrected chi connectivity index (χ0v) is 19.5. The van der Waals surface area contributed by atoms with E-state index in [1.54, 1.807) is 11.8 Å². The third kappa shape index (κ3) is 5.55. The maximum atomic E-state index is 5.63. The SMILES string of the molecule is COC1=CC(CN2CCOCC2)C=Nc2nc(NCC3=CC=C(C(C)(C)C)CC=C3)nn21. The van der Waals surface area contributed by atoms with Crippen LogP contribution in [0, 0.1) is 11.3 Å². The molecule has 1 atom stereocenters. The lowest BCUT2D eigenvalue weighted by molar-refractivity contribution is 0.0364. The molecule has 1 unspecified atom stereocenters. The lowest BCUT2D eigenvalue weighted by Gasteiger charge is -2.28. The van der Waals surface area contributed by atoms with Crippen molar-refractivity contribution in [3.8, 4) is 0 Å². The van der Waals surface area contributed by atoms with Gasteiger partial charge in [0.15, 0.2) is 0 Å². The molecule has 1 aliphatic carbocycles. The Labute approximate surface area is 190 Å². The summed E-state index contributed by atoms with van der Waals surface area (Å²) in [7, 11) is 1.65. The van der Waals surface area contributed by atoms with Crippen molar-refractivity contribution in [2.45, 2.75) is 27.2 Å². The van der Waals surface area contributed by atoms with Gasteiger partial charge in [-0.15, -0.1) is 5.10 Å². The molecule has 8 heteroatoms.